The molecule has 0 aromatic carbocycles. The molecule has 1 unspecified atom stereocenters. The minimum absolute atomic E-state index is 0.00293. The number of piperidine rings is 1. The van der Waals surface area contributed by atoms with E-state index in [4.69, 9.17) is 11.6 Å². The van der Waals surface area contributed by atoms with Crippen LogP contribution in [0.4, 0.5) is 20.5 Å². The molecule has 1 aliphatic carbocycles. The van der Waals surface area contributed by atoms with Crippen molar-refractivity contribution < 1.29 is 17.2 Å². The molecule has 0 spiro atoms. The Hall–Kier alpha value is -1.85. The number of hydrogen-bond donors (Lipinski definition) is 2. The van der Waals surface area contributed by atoms with Crippen LogP contribution in [0, 0.1) is 0 Å². The first-order valence-electron chi connectivity index (χ1n) is 9.81. The number of pyridine rings is 1. The second kappa shape index (κ2) is 8.01. The molecule has 30 heavy (non-hydrogen) atoms. The van der Waals surface area contributed by atoms with E-state index in [0.29, 0.717) is 60.6 Å². The Labute approximate surface area is 178 Å². The lowest BCUT2D eigenvalue weighted by atomic mass is 10.1. The summed E-state index contributed by atoms with van der Waals surface area (Å²) in [6.45, 7) is 0.835. The average molecular weight is 461 g/mol. The van der Waals surface area contributed by atoms with Gasteiger partial charge in [-0.05, 0) is 25.7 Å². The van der Waals surface area contributed by atoms with Gasteiger partial charge in [-0.1, -0.05) is 11.6 Å². The van der Waals surface area contributed by atoms with Crippen LogP contribution in [0.3, 0.4) is 0 Å². The number of fused-ring (bicyclic) bond motifs is 1. The molecule has 1 aliphatic heterocycles. The van der Waals surface area contributed by atoms with Gasteiger partial charge < -0.3 is 10.6 Å². The van der Waals surface area contributed by atoms with Gasteiger partial charge in [-0.2, -0.15) is 0 Å². The molecule has 164 valence electrons. The first-order valence-corrected chi connectivity index (χ1v) is 12.0. The molecule has 2 aromatic rings. The molecule has 8 nitrogen and oxygen atoms in total. The lowest BCUT2D eigenvalue weighted by molar-refractivity contribution is -0.000652. The summed E-state index contributed by atoms with van der Waals surface area (Å²) < 4.78 is 52.9. The number of nitrogens with zero attached hydrogens (tertiary/aromatic N) is 4. The van der Waals surface area contributed by atoms with Crippen LogP contribution in [0.5, 0.6) is 0 Å². The van der Waals surface area contributed by atoms with Crippen molar-refractivity contribution in [2.24, 2.45) is 0 Å². The standard InChI is InChI=1S/C18H23ClF2N6O2S/c1-30(28,29)27-7-4-11(5-8-27)24-17-23-9-12-13(19)10-22-16(15(12)26-17)25-14-3-2-6-18(14,20)21/h9-11,14H,2-8H2,1H3,(H,22,25)(H,23,24,26). The van der Waals surface area contributed by atoms with Crippen molar-refractivity contribution in [1.29, 1.82) is 0 Å². The smallest absolute Gasteiger partial charge is 0.267 e. The zero-order chi connectivity index (χ0) is 21.5. The number of anilines is 2. The lowest BCUT2D eigenvalue weighted by Gasteiger charge is -2.30. The second-order valence-electron chi connectivity index (χ2n) is 7.84. The number of alkyl halides is 2. The zero-order valence-electron chi connectivity index (χ0n) is 16.4. The maximum atomic E-state index is 14.1. The third-order valence-corrected chi connectivity index (χ3v) is 7.26. The monoisotopic (exact) mass is 460 g/mol. The highest BCUT2D eigenvalue weighted by Gasteiger charge is 2.44. The van der Waals surface area contributed by atoms with Crippen molar-refractivity contribution in [3.8, 4) is 0 Å². The molecule has 1 atom stereocenters. The molecule has 2 aliphatic rings. The van der Waals surface area contributed by atoms with Crippen molar-refractivity contribution in [2.75, 3.05) is 30.0 Å². The minimum Gasteiger partial charge on any atom is -0.359 e. The van der Waals surface area contributed by atoms with Crippen LogP contribution in [-0.2, 0) is 10.0 Å². The van der Waals surface area contributed by atoms with Gasteiger partial charge in [-0.15, -0.1) is 0 Å². The van der Waals surface area contributed by atoms with E-state index in [1.54, 1.807) is 0 Å². The van der Waals surface area contributed by atoms with Gasteiger partial charge in [0.05, 0.1) is 17.3 Å². The highest BCUT2D eigenvalue weighted by Crippen LogP contribution is 2.38. The van der Waals surface area contributed by atoms with E-state index in [1.807, 2.05) is 0 Å². The first kappa shape index (κ1) is 21.4. The molecule has 4 rings (SSSR count). The molecule has 1 saturated carbocycles. The Kier molecular flexibility index (Phi) is 5.71. The first-order chi connectivity index (χ1) is 14.1. The van der Waals surface area contributed by atoms with E-state index in [0.717, 1.165) is 0 Å². The van der Waals surface area contributed by atoms with Gasteiger partial charge in [0.2, 0.25) is 16.0 Å². The lowest BCUT2D eigenvalue weighted by Crippen LogP contribution is -2.42. The van der Waals surface area contributed by atoms with Crippen molar-refractivity contribution in [2.45, 2.75) is 50.1 Å². The molecule has 12 heteroatoms. The highest BCUT2D eigenvalue weighted by molar-refractivity contribution is 7.88. The summed E-state index contributed by atoms with van der Waals surface area (Å²) in [7, 11) is -3.20. The predicted octanol–water partition coefficient (Wildman–Crippen LogP) is 3.11. The summed E-state index contributed by atoms with van der Waals surface area (Å²) in [6, 6.07) is -0.996. The van der Waals surface area contributed by atoms with Crippen molar-refractivity contribution in [3.05, 3.63) is 17.4 Å². The van der Waals surface area contributed by atoms with E-state index in [2.05, 4.69) is 25.6 Å². The van der Waals surface area contributed by atoms with Crippen LogP contribution in [0.25, 0.3) is 10.9 Å². The third kappa shape index (κ3) is 4.42. The third-order valence-electron chi connectivity index (χ3n) is 5.66. The SMILES string of the molecule is CS(=O)(=O)N1CCC(Nc2ncc3c(Cl)cnc(NC4CCCC4(F)F)c3n2)CC1. The number of aromatic nitrogens is 3. The molecule has 1 saturated heterocycles. The summed E-state index contributed by atoms with van der Waals surface area (Å²) in [4.78, 5) is 13.0. The maximum Gasteiger partial charge on any atom is 0.267 e. The van der Waals surface area contributed by atoms with Gasteiger partial charge in [0.25, 0.3) is 5.92 Å². The van der Waals surface area contributed by atoms with Gasteiger partial charge in [-0.25, -0.2) is 36.5 Å². The van der Waals surface area contributed by atoms with Gasteiger partial charge in [0.1, 0.15) is 5.52 Å². The molecule has 0 amide bonds. The van der Waals surface area contributed by atoms with Gasteiger partial charge in [0, 0.05) is 43.3 Å². The average Bonchev–Trinajstić information content (AvgIpc) is 3.02. The Morgan fingerprint density at radius 3 is 2.53 bits per heavy atom. The topological polar surface area (TPSA) is 100 Å². The molecular formula is C18H23ClF2N6O2S. The zero-order valence-corrected chi connectivity index (χ0v) is 18.0. The second-order valence-corrected chi connectivity index (χ2v) is 10.2. The summed E-state index contributed by atoms with van der Waals surface area (Å²) in [5, 5.41) is 6.91. The summed E-state index contributed by atoms with van der Waals surface area (Å²) in [6.07, 6.45) is 6.02. The number of nitrogens with one attached hydrogen (secondary N) is 2. The van der Waals surface area contributed by atoms with Crippen molar-refractivity contribution >= 4 is 44.3 Å². The molecular weight excluding hydrogens is 438 g/mol. The number of hydrogen-bond acceptors (Lipinski definition) is 7. The fourth-order valence-corrected chi connectivity index (χ4v) is 5.01. The molecule has 0 radical (unpaired) electrons. The molecule has 2 N–H and O–H groups in total. The van der Waals surface area contributed by atoms with Crippen LogP contribution in [-0.4, -0.2) is 65.0 Å². The quantitative estimate of drug-likeness (QED) is 0.707. The van der Waals surface area contributed by atoms with Crippen molar-refractivity contribution in [1.82, 2.24) is 19.3 Å². The van der Waals surface area contributed by atoms with Crippen LogP contribution in [0.1, 0.15) is 32.1 Å². The van der Waals surface area contributed by atoms with E-state index in [9.17, 15) is 17.2 Å². The van der Waals surface area contributed by atoms with E-state index in [-0.39, 0.29) is 18.3 Å². The number of rotatable bonds is 5. The number of halogens is 3. The predicted molar refractivity (Wildman–Crippen MR) is 112 cm³/mol. The Bertz CT molecular complexity index is 1050. The van der Waals surface area contributed by atoms with Gasteiger partial charge in [0.15, 0.2) is 5.82 Å². The van der Waals surface area contributed by atoms with E-state index in [1.165, 1.54) is 23.0 Å². The van der Waals surface area contributed by atoms with E-state index >= 15 is 0 Å². The molecule has 0 bridgehead atoms. The fourth-order valence-electron chi connectivity index (χ4n) is 3.95. The summed E-state index contributed by atoms with van der Waals surface area (Å²) >= 11 is 6.20. The van der Waals surface area contributed by atoms with Crippen LogP contribution < -0.4 is 10.6 Å². The Morgan fingerprint density at radius 2 is 1.90 bits per heavy atom. The Balaban J connectivity index is 1.54. The van der Waals surface area contributed by atoms with Crippen LogP contribution in [0.15, 0.2) is 12.4 Å². The van der Waals surface area contributed by atoms with E-state index < -0.39 is 22.0 Å². The summed E-state index contributed by atoms with van der Waals surface area (Å²) in [5.41, 5.74) is 0.372. The molecule has 2 aromatic heterocycles. The van der Waals surface area contributed by atoms with Crippen LogP contribution in [0.2, 0.25) is 5.02 Å². The van der Waals surface area contributed by atoms with Crippen molar-refractivity contribution in [3.63, 3.8) is 0 Å². The molecule has 2 fully saturated rings. The largest absolute Gasteiger partial charge is 0.359 e. The fraction of sp³-hybridized carbons (Fsp3) is 0.611. The highest BCUT2D eigenvalue weighted by atomic mass is 35.5. The molecule has 3 heterocycles. The minimum atomic E-state index is -3.20. The van der Waals surface area contributed by atoms with Gasteiger partial charge >= 0.3 is 0 Å². The van der Waals surface area contributed by atoms with Crippen LogP contribution >= 0.6 is 11.6 Å². The number of sulfonamides is 1. The van der Waals surface area contributed by atoms with Gasteiger partial charge in [-0.3, -0.25) is 0 Å². The summed E-state index contributed by atoms with van der Waals surface area (Å²) in [5.74, 6) is -2.22. The normalized spacial score (nSPS) is 23.0. The Morgan fingerprint density at radius 1 is 1.17 bits per heavy atom. The maximum absolute atomic E-state index is 14.1.